The molecule has 1 aromatic rings. The maximum absolute atomic E-state index is 11.5. The van der Waals surface area contributed by atoms with Gasteiger partial charge in [0, 0.05) is 5.69 Å². The quantitative estimate of drug-likeness (QED) is 0.858. The predicted octanol–water partition coefficient (Wildman–Crippen LogP) is 3.30. The minimum Gasteiger partial charge on any atom is -0.480 e. The molecule has 1 aromatic carbocycles. The van der Waals surface area contributed by atoms with Gasteiger partial charge in [0.1, 0.15) is 5.54 Å². The zero-order chi connectivity index (χ0) is 13.3. The Morgan fingerprint density at radius 1 is 1.33 bits per heavy atom. The zero-order valence-corrected chi connectivity index (χ0v) is 11.2. The van der Waals surface area contributed by atoms with Crippen LogP contribution >= 0.6 is 0 Å². The highest BCUT2D eigenvalue weighted by Crippen LogP contribution is 2.44. The van der Waals surface area contributed by atoms with Gasteiger partial charge in [-0.25, -0.2) is 4.79 Å². The van der Waals surface area contributed by atoms with Crippen LogP contribution in [0.3, 0.4) is 0 Å². The maximum atomic E-state index is 11.5. The second-order valence-corrected chi connectivity index (χ2v) is 5.79. The van der Waals surface area contributed by atoms with Gasteiger partial charge in [-0.05, 0) is 43.7 Å². The fourth-order valence-electron chi connectivity index (χ4n) is 2.55. The number of anilines is 1. The predicted molar refractivity (Wildman–Crippen MR) is 72.7 cm³/mol. The van der Waals surface area contributed by atoms with Gasteiger partial charge < -0.3 is 10.4 Å². The Balaban J connectivity index is 2.09. The summed E-state index contributed by atoms with van der Waals surface area (Å²) >= 11 is 0. The van der Waals surface area contributed by atoms with E-state index in [1.807, 2.05) is 31.2 Å². The summed E-state index contributed by atoms with van der Waals surface area (Å²) in [5.41, 5.74) is 1.31. The molecule has 0 aromatic heterocycles. The molecule has 2 N–H and O–H groups in total. The molecule has 1 aliphatic rings. The molecule has 0 saturated heterocycles. The Hall–Kier alpha value is -1.51. The minimum atomic E-state index is -0.760. The lowest BCUT2D eigenvalue weighted by molar-refractivity contribution is -0.148. The van der Waals surface area contributed by atoms with E-state index in [1.54, 1.807) is 0 Å². The molecule has 0 amide bonds. The number of aryl methyl sites for hydroxylation is 1. The van der Waals surface area contributed by atoms with Crippen LogP contribution in [0.2, 0.25) is 0 Å². The van der Waals surface area contributed by atoms with Gasteiger partial charge in [-0.3, -0.25) is 0 Å². The van der Waals surface area contributed by atoms with E-state index in [2.05, 4.69) is 19.2 Å². The van der Waals surface area contributed by atoms with Crippen molar-refractivity contribution in [2.24, 2.45) is 11.8 Å². The van der Waals surface area contributed by atoms with Crippen molar-refractivity contribution >= 4 is 11.7 Å². The molecular weight excluding hydrogens is 226 g/mol. The molecule has 98 valence electrons. The van der Waals surface area contributed by atoms with Crippen LogP contribution in [-0.2, 0) is 4.79 Å². The third-order valence-electron chi connectivity index (χ3n) is 4.01. The molecule has 2 rings (SSSR count). The first-order chi connectivity index (χ1) is 8.43. The molecular formula is C15H21NO2. The number of carboxylic acid groups (broad SMARTS) is 1. The molecule has 18 heavy (non-hydrogen) atoms. The van der Waals surface area contributed by atoms with Gasteiger partial charge in [-0.1, -0.05) is 31.5 Å². The second kappa shape index (κ2) is 4.63. The van der Waals surface area contributed by atoms with E-state index in [4.69, 9.17) is 0 Å². The first-order valence-corrected chi connectivity index (χ1v) is 6.51. The van der Waals surface area contributed by atoms with E-state index in [1.165, 1.54) is 5.56 Å². The highest BCUT2D eigenvalue weighted by molar-refractivity contribution is 5.84. The van der Waals surface area contributed by atoms with Crippen LogP contribution in [0.5, 0.6) is 0 Å². The SMILES string of the molecule is Cc1ccc(NC2(C(=O)O)CC(C(C)C)C2)cc1. The lowest BCUT2D eigenvalue weighted by Gasteiger charge is -2.47. The molecule has 0 aliphatic heterocycles. The van der Waals surface area contributed by atoms with Gasteiger partial charge >= 0.3 is 5.97 Å². The minimum absolute atomic E-state index is 0.513. The monoisotopic (exact) mass is 247 g/mol. The standard InChI is InChI=1S/C15H21NO2/c1-10(2)12-8-15(9-12,14(17)18)16-13-6-4-11(3)5-7-13/h4-7,10,12,16H,8-9H2,1-3H3,(H,17,18). The average Bonchev–Trinajstić information content (AvgIpc) is 2.24. The van der Waals surface area contributed by atoms with Crippen molar-refractivity contribution in [2.75, 3.05) is 5.32 Å². The highest BCUT2D eigenvalue weighted by atomic mass is 16.4. The van der Waals surface area contributed by atoms with Crippen LogP contribution in [0.1, 0.15) is 32.3 Å². The van der Waals surface area contributed by atoms with Gasteiger partial charge in [-0.15, -0.1) is 0 Å². The number of carboxylic acids is 1. The number of hydrogen-bond donors (Lipinski definition) is 2. The Kier molecular flexibility index (Phi) is 3.33. The number of hydrogen-bond acceptors (Lipinski definition) is 2. The van der Waals surface area contributed by atoms with E-state index in [-0.39, 0.29) is 0 Å². The fraction of sp³-hybridized carbons (Fsp3) is 0.533. The normalized spacial score (nSPS) is 26.8. The summed E-state index contributed by atoms with van der Waals surface area (Å²) in [4.78, 5) is 11.5. The Bertz CT molecular complexity index is 430. The van der Waals surface area contributed by atoms with Crippen LogP contribution in [-0.4, -0.2) is 16.6 Å². The van der Waals surface area contributed by atoms with Gasteiger partial charge in [0.2, 0.25) is 0 Å². The average molecular weight is 247 g/mol. The van der Waals surface area contributed by atoms with Crippen molar-refractivity contribution in [3.05, 3.63) is 29.8 Å². The number of carbonyl (C=O) groups is 1. The Labute approximate surface area is 108 Å². The first-order valence-electron chi connectivity index (χ1n) is 6.51. The molecule has 0 spiro atoms. The third kappa shape index (κ3) is 2.35. The summed E-state index contributed by atoms with van der Waals surface area (Å²) in [7, 11) is 0. The van der Waals surface area contributed by atoms with Crippen molar-refractivity contribution in [2.45, 2.75) is 39.2 Å². The summed E-state index contributed by atoms with van der Waals surface area (Å²) in [5, 5.41) is 12.6. The van der Waals surface area contributed by atoms with Crippen LogP contribution in [0.25, 0.3) is 0 Å². The number of aliphatic carboxylic acids is 1. The van der Waals surface area contributed by atoms with Gasteiger partial charge in [0.25, 0.3) is 0 Å². The smallest absolute Gasteiger partial charge is 0.329 e. The zero-order valence-electron chi connectivity index (χ0n) is 11.2. The van der Waals surface area contributed by atoms with E-state index in [0.717, 1.165) is 5.69 Å². The van der Waals surface area contributed by atoms with Crippen molar-refractivity contribution < 1.29 is 9.90 Å². The Morgan fingerprint density at radius 3 is 2.33 bits per heavy atom. The number of rotatable bonds is 4. The molecule has 0 bridgehead atoms. The van der Waals surface area contributed by atoms with Crippen LogP contribution in [0.15, 0.2) is 24.3 Å². The lowest BCUT2D eigenvalue weighted by Crippen LogP contribution is -2.57. The van der Waals surface area contributed by atoms with Gasteiger partial charge in [-0.2, -0.15) is 0 Å². The van der Waals surface area contributed by atoms with Crippen LogP contribution in [0.4, 0.5) is 5.69 Å². The first kappa shape index (κ1) is 12.9. The topological polar surface area (TPSA) is 49.3 Å². The van der Waals surface area contributed by atoms with Crippen LogP contribution < -0.4 is 5.32 Å². The van der Waals surface area contributed by atoms with Crippen molar-refractivity contribution in [3.8, 4) is 0 Å². The maximum Gasteiger partial charge on any atom is 0.329 e. The number of benzene rings is 1. The van der Waals surface area contributed by atoms with Gasteiger partial charge in [0.15, 0.2) is 0 Å². The van der Waals surface area contributed by atoms with E-state index in [9.17, 15) is 9.90 Å². The summed E-state index contributed by atoms with van der Waals surface area (Å²) in [5.74, 6) is 0.330. The molecule has 3 nitrogen and oxygen atoms in total. The lowest BCUT2D eigenvalue weighted by atomic mass is 9.64. The second-order valence-electron chi connectivity index (χ2n) is 5.79. The van der Waals surface area contributed by atoms with Crippen molar-refractivity contribution in [1.82, 2.24) is 0 Å². The Morgan fingerprint density at radius 2 is 1.89 bits per heavy atom. The van der Waals surface area contributed by atoms with Crippen molar-refractivity contribution in [1.29, 1.82) is 0 Å². The summed E-state index contributed by atoms with van der Waals surface area (Å²) in [6.45, 7) is 6.33. The van der Waals surface area contributed by atoms with Gasteiger partial charge in [0.05, 0.1) is 0 Å². The largest absolute Gasteiger partial charge is 0.480 e. The fourth-order valence-corrected chi connectivity index (χ4v) is 2.55. The summed E-state index contributed by atoms with van der Waals surface area (Å²) in [6.07, 6.45) is 1.43. The molecule has 3 heteroatoms. The number of nitrogens with one attached hydrogen (secondary N) is 1. The van der Waals surface area contributed by atoms with Crippen molar-refractivity contribution in [3.63, 3.8) is 0 Å². The van der Waals surface area contributed by atoms with Crippen LogP contribution in [0, 0.1) is 18.8 Å². The molecule has 1 fully saturated rings. The summed E-state index contributed by atoms with van der Waals surface area (Å²) < 4.78 is 0. The van der Waals surface area contributed by atoms with E-state index >= 15 is 0 Å². The third-order valence-corrected chi connectivity index (χ3v) is 4.01. The van der Waals surface area contributed by atoms with E-state index < -0.39 is 11.5 Å². The molecule has 0 atom stereocenters. The summed E-state index contributed by atoms with van der Waals surface area (Å²) in [6, 6.07) is 7.89. The molecule has 0 heterocycles. The molecule has 1 aliphatic carbocycles. The molecule has 0 radical (unpaired) electrons. The highest BCUT2D eigenvalue weighted by Gasteiger charge is 2.51. The van der Waals surface area contributed by atoms with E-state index in [0.29, 0.717) is 24.7 Å². The molecule has 0 unspecified atom stereocenters. The molecule has 1 saturated carbocycles.